The van der Waals surface area contributed by atoms with Crippen LogP contribution in [0.3, 0.4) is 0 Å². The van der Waals surface area contributed by atoms with Gasteiger partial charge in [0.05, 0.1) is 12.7 Å². The summed E-state index contributed by atoms with van der Waals surface area (Å²) >= 11 is 0. The Morgan fingerprint density at radius 1 is 1.11 bits per heavy atom. The van der Waals surface area contributed by atoms with Crippen LogP contribution in [-0.2, 0) is 33.1 Å². The Morgan fingerprint density at radius 3 is 2.22 bits per heavy atom. The Bertz CT molecular complexity index is 226. The summed E-state index contributed by atoms with van der Waals surface area (Å²) < 4.78 is 20.9. The summed E-state index contributed by atoms with van der Waals surface area (Å²) in [4.78, 5) is 11.3. The zero-order chi connectivity index (χ0) is 13.1. The van der Waals surface area contributed by atoms with Gasteiger partial charge in [-0.25, -0.2) is 0 Å². The molecular weight excluding hydrogens is 304 g/mol. The number of phosphoric acid groups is 1. The molecule has 2 atom stereocenters. The zero-order valence-electron chi connectivity index (χ0n) is 12.0. The van der Waals surface area contributed by atoms with Crippen LogP contribution >= 0.6 is 7.82 Å². The predicted octanol–water partition coefficient (Wildman–Crippen LogP) is 3.64. The first kappa shape index (κ1) is 21.0. The summed E-state index contributed by atoms with van der Waals surface area (Å²) in [6, 6.07) is 0. The van der Waals surface area contributed by atoms with Gasteiger partial charge in [-0.15, -0.1) is 0 Å². The summed E-state index contributed by atoms with van der Waals surface area (Å²) in [6.45, 7) is 6.00. The molecule has 0 aromatic heterocycles. The fourth-order valence-corrected chi connectivity index (χ4v) is 2.39. The van der Waals surface area contributed by atoms with Crippen molar-refractivity contribution in [2.75, 3.05) is 6.61 Å². The fourth-order valence-electron chi connectivity index (χ4n) is 1.38. The number of rotatable bonds is 11. The number of hydrogen-bond acceptors (Lipinski definition) is 4. The molecule has 0 amide bonds. The molecule has 0 N–H and O–H groups in total. The van der Waals surface area contributed by atoms with Gasteiger partial charge in [0.2, 0.25) is 0 Å². The van der Waals surface area contributed by atoms with Crippen molar-refractivity contribution in [1.82, 2.24) is 0 Å². The molecule has 0 spiro atoms. The SMILES string of the molecule is CCCCCCCCOP(=O)([O-])OC(C)CC.[Zn]. The van der Waals surface area contributed by atoms with Gasteiger partial charge in [-0.2, -0.15) is 0 Å². The van der Waals surface area contributed by atoms with Gasteiger partial charge < -0.3 is 13.9 Å². The predicted molar refractivity (Wildman–Crippen MR) is 67.8 cm³/mol. The van der Waals surface area contributed by atoms with Crippen LogP contribution in [0.1, 0.15) is 65.7 Å². The first-order valence-electron chi connectivity index (χ1n) is 6.65. The zero-order valence-corrected chi connectivity index (χ0v) is 15.9. The van der Waals surface area contributed by atoms with Crippen LogP contribution in [0, 0.1) is 0 Å². The van der Waals surface area contributed by atoms with E-state index in [1.54, 1.807) is 6.92 Å². The maximum atomic E-state index is 11.3. The van der Waals surface area contributed by atoms with Crippen molar-refractivity contribution in [1.29, 1.82) is 0 Å². The smallest absolute Gasteiger partial charge is 0.268 e. The van der Waals surface area contributed by atoms with Gasteiger partial charge in [0.1, 0.15) is 0 Å². The fraction of sp³-hybridized carbons (Fsp3) is 1.00. The molecule has 0 radical (unpaired) electrons. The van der Waals surface area contributed by atoms with Crippen molar-refractivity contribution in [3.63, 3.8) is 0 Å². The minimum atomic E-state index is -4.08. The molecule has 0 bridgehead atoms. The Kier molecular flexibility index (Phi) is 14.9. The van der Waals surface area contributed by atoms with E-state index in [1.165, 1.54) is 19.3 Å². The molecule has 0 fully saturated rings. The molecule has 0 saturated heterocycles. The minimum Gasteiger partial charge on any atom is -0.756 e. The number of hydrogen-bond donors (Lipinski definition) is 0. The van der Waals surface area contributed by atoms with Gasteiger partial charge in [-0.05, 0) is 19.8 Å². The second-order valence-corrected chi connectivity index (χ2v) is 5.74. The maximum absolute atomic E-state index is 11.3. The Morgan fingerprint density at radius 2 is 1.67 bits per heavy atom. The maximum Gasteiger partial charge on any atom is 0.268 e. The van der Waals surface area contributed by atoms with E-state index in [2.05, 4.69) is 6.92 Å². The monoisotopic (exact) mass is 329 g/mol. The summed E-state index contributed by atoms with van der Waals surface area (Å²) in [7, 11) is -4.08. The second kappa shape index (κ2) is 12.8. The van der Waals surface area contributed by atoms with Gasteiger partial charge in [0, 0.05) is 19.5 Å². The van der Waals surface area contributed by atoms with E-state index >= 15 is 0 Å². The summed E-state index contributed by atoms with van der Waals surface area (Å²) in [6.07, 6.45) is 6.98. The molecule has 0 aromatic carbocycles. The van der Waals surface area contributed by atoms with Gasteiger partial charge in [-0.3, -0.25) is 4.57 Å². The molecule has 106 valence electrons. The molecule has 18 heavy (non-hydrogen) atoms. The van der Waals surface area contributed by atoms with Crippen LogP contribution in [-0.4, -0.2) is 12.7 Å². The van der Waals surface area contributed by atoms with Gasteiger partial charge in [0.15, 0.2) is 0 Å². The standard InChI is InChI=1S/C12H27O4P.Zn/c1-4-6-7-8-9-10-11-15-17(13,14)16-12(3)5-2;/h12H,4-11H2,1-3H3,(H,13,14);/p-1. The van der Waals surface area contributed by atoms with Crippen LogP contribution in [0.15, 0.2) is 0 Å². The molecule has 6 heteroatoms. The molecule has 0 heterocycles. The molecule has 2 unspecified atom stereocenters. The quantitative estimate of drug-likeness (QED) is 0.330. The van der Waals surface area contributed by atoms with E-state index in [4.69, 9.17) is 9.05 Å². The normalized spacial score (nSPS) is 15.8. The summed E-state index contributed by atoms with van der Waals surface area (Å²) in [5.41, 5.74) is 0. The van der Waals surface area contributed by atoms with Crippen LogP contribution in [0.2, 0.25) is 0 Å². The molecule has 0 aliphatic carbocycles. The van der Waals surface area contributed by atoms with Crippen molar-refractivity contribution in [3.05, 3.63) is 0 Å². The van der Waals surface area contributed by atoms with Crippen LogP contribution < -0.4 is 4.89 Å². The molecule has 0 rings (SSSR count). The van der Waals surface area contributed by atoms with E-state index < -0.39 is 7.82 Å². The molecular formula is C12H26O4PZn-. The van der Waals surface area contributed by atoms with E-state index in [1.807, 2.05) is 6.92 Å². The third kappa shape index (κ3) is 13.2. The van der Waals surface area contributed by atoms with Crippen molar-refractivity contribution < 1.29 is 38.0 Å². The summed E-state index contributed by atoms with van der Waals surface area (Å²) in [5.74, 6) is 0. The average molecular weight is 331 g/mol. The average Bonchev–Trinajstić information content (AvgIpc) is 2.27. The van der Waals surface area contributed by atoms with Crippen molar-refractivity contribution in [3.8, 4) is 0 Å². The molecule has 0 saturated carbocycles. The van der Waals surface area contributed by atoms with Gasteiger partial charge >= 0.3 is 0 Å². The number of unbranched alkanes of at least 4 members (excludes halogenated alkanes) is 5. The third-order valence-electron chi connectivity index (χ3n) is 2.63. The van der Waals surface area contributed by atoms with Crippen molar-refractivity contribution in [2.45, 2.75) is 71.8 Å². The van der Waals surface area contributed by atoms with E-state index in [9.17, 15) is 9.46 Å². The first-order valence-corrected chi connectivity index (χ1v) is 8.12. The topological polar surface area (TPSA) is 58.6 Å². The van der Waals surface area contributed by atoms with Crippen molar-refractivity contribution in [2.24, 2.45) is 0 Å². The molecule has 0 aliphatic heterocycles. The van der Waals surface area contributed by atoms with Crippen LogP contribution in [0.25, 0.3) is 0 Å². The molecule has 4 nitrogen and oxygen atoms in total. The van der Waals surface area contributed by atoms with Crippen LogP contribution in [0.4, 0.5) is 0 Å². The van der Waals surface area contributed by atoms with Gasteiger partial charge in [-0.1, -0.05) is 46.0 Å². The summed E-state index contributed by atoms with van der Waals surface area (Å²) in [5, 5.41) is 0. The first-order chi connectivity index (χ1) is 8.02. The third-order valence-corrected chi connectivity index (χ3v) is 3.75. The van der Waals surface area contributed by atoms with E-state index in [0.29, 0.717) is 6.42 Å². The van der Waals surface area contributed by atoms with Crippen molar-refractivity contribution >= 4 is 7.82 Å². The van der Waals surface area contributed by atoms with E-state index in [-0.39, 0.29) is 32.2 Å². The Hall–Kier alpha value is 0.733. The largest absolute Gasteiger partial charge is 0.756 e. The molecule has 0 aliphatic rings. The Labute approximate surface area is 124 Å². The van der Waals surface area contributed by atoms with Gasteiger partial charge in [0.25, 0.3) is 7.82 Å². The molecule has 0 aromatic rings. The number of phosphoric ester groups is 1. The Balaban J connectivity index is 0. The van der Waals surface area contributed by atoms with E-state index in [0.717, 1.165) is 19.3 Å². The second-order valence-electron chi connectivity index (χ2n) is 4.37. The minimum absolute atomic E-state index is 0. The van der Waals surface area contributed by atoms with Crippen LogP contribution in [0.5, 0.6) is 0 Å².